The molecule has 0 spiro atoms. The number of carboxylic acid groups (broad SMARTS) is 1. The summed E-state index contributed by atoms with van der Waals surface area (Å²) in [4.78, 5) is 30.5. The molecule has 42 heavy (non-hydrogen) atoms. The molecule has 2 heterocycles. The Bertz CT molecular complexity index is 1760. The van der Waals surface area contributed by atoms with E-state index in [0.29, 0.717) is 30.8 Å². The highest BCUT2D eigenvalue weighted by Gasteiger charge is 2.28. The fourth-order valence-electron chi connectivity index (χ4n) is 5.12. The van der Waals surface area contributed by atoms with Gasteiger partial charge in [-0.05, 0) is 67.7 Å². The number of nitrogens with one attached hydrogen (secondary N) is 1. The number of piperazine rings is 1. The Balaban J connectivity index is 1.46. The molecule has 1 aliphatic heterocycles. The van der Waals surface area contributed by atoms with Gasteiger partial charge >= 0.3 is 5.97 Å². The van der Waals surface area contributed by atoms with E-state index in [1.165, 1.54) is 6.07 Å². The van der Waals surface area contributed by atoms with Gasteiger partial charge in [-0.1, -0.05) is 0 Å². The molecule has 0 amide bonds. The molecule has 218 valence electrons. The Kier molecular flexibility index (Phi) is 7.83. The lowest BCUT2D eigenvalue weighted by Crippen LogP contribution is -2.55. The van der Waals surface area contributed by atoms with Crippen molar-refractivity contribution >= 4 is 51.3 Å². The predicted octanol–water partition coefficient (Wildman–Crippen LogP) is 5.08. The van der Waals surface area contributed by atoms with Crippen molar-refractivity contribution in [2.75, 3.05) is 48.8 Å². The van der Waals surface area contributed by atoms with Crippen LogP contribution in [0.5, 0.6) is 0 Å². The molecule has 2 N–H and O–H groups in total. The largest absolute Gasteiger partial charge is 0.477 e. The maximum Gasteiger partial charge on any atom is 0.341 e. The summed E-state index contributed by atoms with van der Waals surface area (Å²) in [5.41, 5.74) is 0.374. The summed E-state index contributed by atoms with van der Waals surface area (Å²) in [7, 11) is 3.92. The molecule has 0 bridgehead atoms. The first-order chi connectivity index (χ1) is 19.9. The zero-order valence-electron chi connectivity index (χ0n) is 23.1. The van der Waals surface area contributed by atoms with E-state index in [4.69, 9.17) is 12.2 Å². The third-order valence-corrected chi connectivity index (χ3v) is 7.67. The van der Waals surface area contributed by atoms with E-state index in [2.05, 4.69) is 5.32 Å². The Labute approximate surface area is 245 Å². The number of hydrogen-bond donors (Lipinski definition) is 2. The van der Waals surface area contributed by atoms with Crippen LogP contribution in [0.15, 0.2) is 65.6 Å². The Morgan fingerprint density at radius 1 is 1.00 bits per heavy atom. The molecular formula is C30H28F3N5O3S. The summed E-state index contributed by atoms with van der Waals surface area (Å²) in [6, 6.07) is 12.9. The second-order valence-electron chi connectivity index (χ2n) is 10.3. The van der Waals surface area contributed by atoms with Crippen LogP contribution in [0.2, 0.25) is 0 Å². The fraction of sp³-hybridized carbons (Fsp3) is 0.233. The van der Waals surface area contributed by atoms with Crippen LogP contribution in [-0.4, -0.2) is 65.4 Å². The number of rotatable bonds is 5. The predicted molar refractivity (Wildman–Crippen MR) is 162 cm³/mol. The Morgan fingerprint density at radius 2 is 1.69 bits per heavy atom. The minimum absolute atomic E-state index is 0.0837. The lowest BCUT2D eigenvalue weighted by molar-refractivity contribution is 0.0695. The number of thiocarbonyl (C=S) groups is 1. The molecule has 1 unspecified atom stereocenters. The maximum atomic E-state index is 15.5. The molecule has 1 saturated heterocycles. The number of aromatic nitrogens is 1. The van der Waals surface area contributed by atoms with Crippen LogP contribution in [0, 0.1) is 17.5 Å². The van der Waals surface area contributed by atoms with Crippen molar-refractivity contribution in [2.24, 2.45) is 0 Å². The van der Waals surface area contributed by atoms with Gasteiger partial charge in [0, 0.05) is 68.8 Å². The smallest absolute Gasteiger partial charge is 0.341 e. The second-order valence-corrected chi connectivity index (χ2v) is 10.7. The van der Waals surface area contributed by atoms with Crippen LogP contribution in [0.25, 0.3) is 16.6 Å². The van der Waals surface area contributed by atoms with Crippen molar-refractivity contribution in [3.63, 3.8) is 0 Å². The number of benzene rings is 3. The summed E-state index contributed by atoms with van der Waals surface area (Å²) in [6.07, 6.45) is 0.973. The number of halogens is 3. The zero-order chi connectivity index (χ0) is 30.3. The summed E-state index contributed by atoms with van der Waals surface area (Å²) in [6.45, 7) is 3.19. The summed E-state index contributed by atoms with van der Waals surface area (Å²) < 4.78 is 45.1. The highest BCUT2D eigenvalue weighted by Crippen LogP contribution is 2.30. The molecule has 0 radical (unpaired) electrons. The SMILES string of the molecule is CC1CN(c2cc3c(cc2F)c(=O)c(C(=O)O)cn3-c2ccc(F)cc2F)CCN1C(=S)Nc1ccc(N(C)C)cc1. The van der Waals surface area contributed by atoms with E-state index in [1.807, 2.05) is 55.1 Å². The van der Waals surface area contributed by atoms with Crippen LogP contribution < -0.4 is 20.5 Å². The lowest BCUT2D eigenvalue weighted by atomic mass is 10.1. The third-order valence-electron chi connectivity index (χ3n) is 7.34. The van der Waals surface area contributed by atoms with Gasteiger partial charge < -0.3 is 29.7 Å². The second kappa shape index (κ2) is 11.4. The van der Waals surface area contributed by atoms with Crippen molar-refractivity contribution in [3.8, 4) is 5.69 Å². The minimum Gasteiger partial charge on any atom is -0.477 e. The molecule has 5 rings (SSSR count). The van der Waals surface area contributed by atoms with Gasteiger partial charge in [0.25, 0.3) is 0 Å². The number of anilines is 3. The number of fused-ring (bicyclic) bond motifs is 1. The monoisotopic (exact) mass is 595 g/mol. The first-order valence-corrected chi connectivity index (χ1v) is 13.5. The molecule has 8 nitrogen and oxygen atoms in total. The standard InChI is InChI=1S/C30H28F3N5O3S/c1-17-15-36(10-11-37(17)30(42)34-19-5-7-20(8-6-19)35(2)3)27-14-26-21(13-24(27)33)28(39)22(29(40)41)16-38(26)25-9-4-18(31)12-23(25)32/h4-9,12-14,16-17H,10-11,15H2,1-3H3,(H,34,42)(H,40,41). The van der Waals surface area contributed by atoms with Gasteiger partial charge in [0.15, 0.2) is 5.11 Å². The number of carbonyl (C=O) groups is 1. The van der Waals surface area contributed by atoms with Crippen LogP contribution in [0.3, 0.4) is 0 Å². The number of carboxylic acids is 1. The topological polar surface area (TPSA) is 81.0 Å². The molecule has 12 heteroatoms. The van der Waals surface area contributed by atoms with Crippen LogP contribution in [0.1, 0.15) is 17.3 Å². The van der Waals surface area contributed by atoms with Gasteiger partial charge in [-0.25, -0.2) is 18.0 Å². The number of hydrogen-bond acceptors (Lipinski definition) is 5. The van der Waals surface area contributed by atoms with E-state index >= 15 is 4.39 Å². The minimum atomic E-state index is -1.55. The van der Waals surface area contributed by atoms with Crippen molar-refractivity contribution in [1.29, 1.82) is 0 Å². The molecule has 3 aromatic carbocycles. The normalized spacial score (nSPS) is 15.1. The number of nitrogens with zero attached hydrogens (tertiary/aromatic N) is 4. The highest BCUT2D eigenvalue weighted by molar-refractivity contribution is 7.80. The third kappa shape index (κ3) is 5.49. The molecule has 4 aromatic rings. The van der Waals surface area contributed by atoms with Crippen molar-refractivity contribution < 1.29 is 23.1 Å². The summed E-state index contributed by atoms with van der Waals surface area (Å²) in [5, 5.41) is 13.1. The van der Waals surface area contributed by atoms with Gasteiger partial charge in [-0.3, -0.25) is 4.79 Å². The van der Waals surface area contributed by atoms with E-state index in [-0.39, 0.29) is 28.3 Å². The fourth-order valence-corrected chi connectivity index (χ4v) is 5.51. The first kappa shape index (κ1) is 28.9. The average molecular weight is 596 g/mol. The van der Waals surface area contributed by atoms with Crippen LogP contribution in [0.4, 0.5) is 30.2 Å². The molecule has 1 aliphatic rings. The molecule has 0 saturated carbocycles. The summed E-state index contributed by atoms with van der Waals surface area (Å²) >= 11 is 5.67. The Morgan fingerprint density at radius 3 is 2.31 bits per heavy atom. The molecule has 1 fully saturated rings. The van der Waals surface area contributed by atoms with E-state index < -0.39 is 34.4 Å². The van der Waals surface area contributed by atoms with E-state index in [9.17, 15) is 23.5 Å². The van der Waals surface area contributed by atoms with Crippen LogP contribution >= 0.6 is 12.2 Å². The van der Waals surface area contributed by atoms with Crippen LogP contribution in [-0.2, 0) is 0 Å². The summed E-state index contributed by atoms with van der Waals surface area (Å²) in [5.74, 6) is -4.07. The maximum absolute atomic E-state index is 15.5. The first-order valence-electron chi connectivity index (χ1n) is 13.1. The number of aromatic carboxylic acids is 1. The van der Waals surface area contributed by atoms with Gasteiger partial charge in [0.2, 0.25) is 5.43 Å². The average Bonchev–Trinajstić information content (AvgIpc) is 2.93. The van der Waals surface area contributed by atoms with Gasteiger partial charge in [0.05, 0.1) is 16.9 Å². The van der Waals surface area contributed by atoms with Gasteiger partial charge in [-0.15, -0.1) is 0 Å². The zero-order valence-corrected chi connectivity index (χ0v) is 23.9. The van der Waals surface area contributed by atoms with E-state index in [0.717, 1.165) is 40.3 Å². The van der Waals surface area contributed by atoms with Crippen molar-refractivity contribution in [3.05, 3.63) is 94.0 Å². The number of pyridine rings is 1. The highest BCUT2D eigenvalue weighted by atomic mass is 32.1. The van der Waals surface area contributed by atoms with E-state index in [1.54, 1.807) is 4.90 Å². The van der Waals surface area contributed by atoms with Gasteiger partial charge in [0.1, 0.15) is 23.0 Å². The van der Waals surface area contributed by atoms with Gasteiger partial charge in [-0.2, -0.15) is 0 Å². The molecule has 1 aromatic heterocycles. The quantitative estimate of drug-likeness (QED) is 0.310. The Hall–Kier alpha value is -4.58. The molecular weight excluding hydrogens is 567 g/mol. The van der Waals surface area contributed by atoms with Crippen molar-refractivity contribution in [1.82, 2.24) is 9.47 Å². The van der Waals surface area contributed by atoms with Crippen molar-refractivity contribution in [2.45, 2.75) is 13.0 Å². The molecule has 0 aliphatic carbocycles. The molecule has 1 atom stereocenters. The lowest BCUT2D eigenvalue weighted by Gasteiger charge is -2.42.